The fourth-order valence-corrected chi connectivity index (χ4v) is 2.65. The molecule has 1 aromatic rings. The van der Waals surface area contributed by atoms with Crippen molar-refractivity contribution in [2.45, 2.75) is 26.8 Å². The molecule has 4 nitrogen and oxygen atoms in total. The van der Waals surface area contributed by atoms with E-state index < -0.39 is 0 Å². The molecule has 1 unspecified atom stereocenters. The van der Waals surface area contributed by atoms with Gasteiger partial charge in [-0.2, -0.15) is 0 Å². The molecule has 0 spiro atoms. The van der Waals surface area contributed by atoms with Gasteiger partial charge in [-0.1, -0.05) is 29.8 Å². The number of nitrogens with zero attached hydrogens (tertiary/aromatic N) is 2. The highest BCUT2D eigenvalue weighted by atomic mass is 127. The maximum Gasteiger partial charge on any atom is 0.193 e. The molecule has 1 aromatic carbocycles. The van der Waals surface area contributed by atoms with Crippen LogP contribution in [-0.2, 0) is 11.3 Å². The molecule has 0 aliphatic carbocycles. The summed E-state index contributed by atoms with van der Waals surface area (Å²) in [6, 6.07) is 8.53. The average Bonchev–Trinajstić information content (AvgIpc) is 2.96. The summed E-state index contributed by atoms with van der Waals surface area (Å²) in [5.74, 6) is 1.60. The van der Waals surface area contributed by atoms with Crippen LogP contribution in [0.5, 0.6) is 0 Å². The van der Waals surface area contributed by atoms with E-state index in [1.807, 2.05) is 0 Å². The first-order valence-corrected chi connectivity index (χ1v) is 7.81. The van der Waals surface area contributed by atoms with E-state index in [0.717, 1.165) is 45.2 Å². The van der Waals surface area contributed by atoms with Gasteiger partial charge < -0.3 is 15.0 Å². The van der Waals surface area contributed by atoms with Crippen molar-refractivity contribution in [1.29, 1.82) is 0 Å². The number of hydrogen-bond donors (Lipinski definition) is 1. The number of aryl methyl sites for hydroxylation is 1. The lowest BCUT2D eigenvalue weighted by Gasteiger charge is -2.24. The number of benzene rings is 1. The maximum atomic E-state index is 5.45. The highest BCUT2D eigenvalue weighted by molar-refractivity contribution is 14.0. The predicted molar refractivity (Wildman–Crippen MR) is 103 cm³/mol. The van der Waals surface area contributed by atoms with Crippen LogP contribution >= 0.6 is 24.0 Å². The van der Waals surface area contributed by atoms with Crippen molar-refractivity contribution >= 4 is 29.9 Å². The van der Waals surface area contributed by atoms with E-state index >= 15 is 0 Å². The van der Waals surface area contributed by atoms with Gasteiger partial charge in [-0.25, -0.2) is 4.99 Å². The number of ether oxygens (including phenoxy) is 1. The minimum atomic E-state index is 0. The van der Waals surface area contributed by atoms with Crippen LogP contribution < -0.4 is 5.32 Å². The molecule has 1 saturated heterocycles. The van der Waals surface area contributed by atoms with Gasteiger partial charge in [0.25, 0.3) is 0 Å². The van der Waals surface area contributed by atoms with E-state index in [-0.39, 0.29) is 24.0 Å². The summed E-state index contributed by atoms with van der Waals surface area (Å²) in [5.41, 5.74) is 2.53. The first-order valence-electron chi connectivity index (χ1n) is 7.81. The number of rotatable bonds is 5. The summed E-state index contributed by atoms with van der Waals surface area (Å²) in [4.78, 5) is 6.98. The van der Waals surface area contributed by atoms with Crippen molar-refractivity contribution in [2.24, 2.45) is 10.9 Å². The first kappa shape index (κ1) is 19.2. The Morgan fingerprint density at radius 1 is 1.45 bits per heavy atom. The van der Waals surface area contributed by atoms with Crippen LogP contribution in [0.2, 0.25) is 0 Å². The van der Waals surface area contributed by atoms with E-state index in [1.165, 1.54) is 11.1 Å². The van der Waals surface area contributed by atoms with Crippen LogP contribution in [0.3, 0.4) is 0 Å². The summed E-state index contributed by atoms with van der Waals surface area (Å²) in [5, 5.41) is 3.38. The van der Waals surface area contributed by atoms with Crippen molar-refractivity contribution in [2.75, 3.05) is 33.4 Å². The van der Waals surface area contributed by atoms with Gasteiger partial charge in [-0.15, -0.1) is 24.0 Å². The highest BCUT2D eigenvalue weighted by Gasteiger charge is 2.18. The summed E-state index contributed by atoms with van der Waals surface area (Å²) in [6.07, 6.45) is 1.15. The summed E-state index contributed by atoms with van der Waals surface area (Å²) in [6.45, 7) is 8.60. The van der Waals surface area contributed by atoms with Crippen molar-refractivity contribution < 1.29 is 4.74 Å². The number of aliphatic imine (C=N–C) groups is 1. The minimum absolute atomic E-state index is 0. The van der Waals surface area contributed by atoms with Crippen molar-refractivity contribution in [3.05, 3.63) is 35.4 Å². The van der Waals surface area contributed by atoms with Gasteiger partial charge in [0.15, 0.2) is 5.96 Å². The van der Waals surface area contributed by atoms with E-state index in [2.05, 4.69) is 55.4 Å². The third kappa shape index (κ3) is 6.12. The Bertz CT molecular complexity index is 473. The monoisotopic (exact) mass is 417 g/mol. The molecular formula is C17H28IN3O. The second-order valence-corrected chi connectivity index (χ2v) is 5.77. The van der Waals surface area contributed by atoms with Crippen molar-refractivity contribution in [3.8, 4) is 0 Å². The largest absolute Gasteiger partial charge is 0.381 e. The smallest absolute Gasteiger partial charge is 0.193 e. The third-order valence-electron chi connectivity index (χ3n) is 3.75. The SMILES string of the molecule is CCNC(=NCc1cccc(C)c1)N(C)CC1CCOC1.I. The predicted octanol–water partition coefficient (Wildman–Crippen LogP) is 3.05. The third-order valence-corrected chi connectivity index (χ3v) is 3.75. The second kappa shape index (κ2) is 10.0. The van der Waals surface area contributed by atoms with E-state index in [0.29, 0.717) is 5.92 Å². The zero-order valence-corrected chi connectivity index (χ0v) is 16.2. The second-order valence-electron chi connectivity index (χ2n) is 5.77. The van der Waals surface area contributed by atoms with Gasteiger partial charge in [0.05, 0.1) is 13.2 Å². The Kier molecular flexibility index (Phi) is 8.78. The lowest BCUT2D eigenvalue weighted by atomic mass is 10.1. The molecule has 0 bridgehead atoms. The molecule has 0 amide bonds. The normalized spacial score (nSPS) is 18.0. The van der Waals surface area contributed by atoms with Gasteiger partial charge >= 0.3 is 0 Å². The summed E-state index contributed by atoms with van der Waals surface area (Å²) >= 11 is 0. The van der Waals surface area contributed by atoms with Gasteiger partial charge in [-0.05, 0) is 25.8 Å². The Labute approximate surface area is 151 Å². The van der Waals surface area contributed by atoms with Crippen LogP contribution in [0.15, 0.2) is 29.3 Å². The molecule has 124 valence electrons. The van der Waals surface area contributed by atoms with Gasteiger partial charge in [0, 0.05) is 32.7 Å². The Morgan fingerprint density at radius 3 is 2.91 bits per heavy atom. The molecule has 1 atom stereocenters. The van der Waals surface area contributed by atoms with E-state index in [4.69, 9.17) is 9.73 Å². The molecule has 5 heteroatoms. The van der Waals surface area contributed by atoms with Crippen LogP contribution in [0.1, 0.15) is 24.5 Å². The first-order chi connectivity index (χ1) is 10.2. The average molecular weight is 417 g/mol. The lowest BCUT2D eigenvalue weighted by molar-refractivity contribution is 0.181. The summed E-state index contributed by atoms with van der Waals surface area (Å²) in [7, 11) is 2.11. The molecule has 1 heterocycles. The van der Waals surface area contributed by atoms with Crippen LogP contribution in [0.4, 0.5) is 0 Å². The van der Waals surface area contributed by atoms with Crippen molar-refractivity contribution in [3.63, 3.8) is 0 Å². The molecule has 1 aliphatic rings. The zero-order chi connectivity index (χ0) is 15.1. The van der Waals surface area contributed by atoms with Gasteiger partial charge in [0.1, 0.15) is 0 Å². The molecule has 0 aromatic heterocycles. The Morgan fingerprint density at radius 2 is 2.27 bits per heavy atom. The van der Waals surface area contributed by atoms with Crippen LogP contribution in [-0.4, -0.2) is 44.2 Å². The van der Waals surface area contributed by atoms with Gasteiger partial charge in [-0.3, -0.25) is 0 Å². The number of guanidine groups is 1. The zero-order valence-electron chi connectivity index (χ0n) is 13.8. The fourth-order valence-electron chi connectivity index (χ4n) is 2.65. The Hall–Kier alpha value is -0.820. The van der Waals surface area contributed by atoms with Crippen LogP contribution in [0, 0.1) is 12.8 Å². The molecule has 2 rings (SSSR count). The molecule has 0 saturated carbocycles. The maximum absolute atomic E-state index is 5.45. The van der Waals surface area contributed by atoms with E-state index in [1.54, 1.807) is 0 Å². The number of hydrogen-bond acceptors (Lipinski definition) is 2. The summed E-state index contributed by atoms with van der Waals surface area (Å²) < 4.78 is 5.45. The quantitative estimate of drug-likeness (QED) is 0.455. The molecule has 0 radical (unpaired) electrons. The fraction of sp³-hybridized carbons (Fsp3) is 0.588. The molecule has 1 fully saturated rings. The Balaban J connectivity index is 0.00000242. The molecule has 1 aliphatic heterocycles. The van der Waals surface area contributed by atoms with Gasteiger partial charge in [0.2, 0.25) is 0 Å². The van der Waals surface area contributed by atoms with Crippen molar-refractivity contribution in [1.82, 2.24) is 10.2 Å². The molecular weight excluding hydrogens is 389 g/mol. The number of halogens is 1. The lowest BCUT2D eigenvalue weighted by Crippen LogP contribution is -2.41. The standard InChI is InChI=1S/C17H27N3O.HI/c1-4-18-17(20(3)12-16-8-9-21-13-16)19-11-15-7-5-6-14(2)10-15;/h5-7,10,16H,4,8-9,11-13H2,1-3H3,(H,18,19);1H. The minimum Gasteiger partial charge on any atom is -0.381 e. The van der Waals surface area contributed by atoms with Crippen LogP contribution in [0.25, 0.3) is 0 Å². The number of nitrogens with one attached hydrogen (secondary N) is 1. The molecule has 1 N–H and O–H groups in total. The van der Waals surface area contributed by atoms with E-state index in [9.17, 15) is 0 Å². The highest BCUT2D eigenvalue weighted by Crippen LogP contribution is 2.13. The topological polar surface area (TPSA) is 36.9 Å². The molecule has 22 heavy (non-hydrogen) atoms.